The molecule has 0 aliphatic carbocycles. The summed E-state index contributed by atoms with van der Waals surface area (Å²) in [6, 6.07) is 9.77. The lowest BCUT2D eigenvalue weighted by Crippen LogP contribution is -2.55. The fraction of sp³-hybridized carbons (Fsp3) is 0.474. The molecule has 1 aliphatic heterocycles. The van der Waals surface area contributed by atoms with Gasteiger partial charge < -0.3 is 15.0 Å². The van der Waals surface area contributed by atoms with Crippen LogP contribution in [-0.2, 0) is 16.9 Å². The van der Waals surface area contributed by atoms with Gasteiger partial charge in [0.1, 0.15) is 11.3 Å². The smallest absolute Gasteiger partial charge is 0.250 e. The highest BCUT2D eigenvalue weighted by Crippen LogP contribution is 2.30. The van der Waals surface area contributed by atoms with Crippen LogP contribution in [0.4, 0.5) is 0 Å². The number of amides is 1. The van der Waals surface area contributed by atoms with Gasteiger partial charge in [0.25, 0.3) is 5.91 Å². The zero-order valence-electron chi connectivity index (χ0n) is 14.9. The SMILES string of the molecule is CCN(Cc1ccc(OC)cc1)C(=O)C1(n2cccn2)CCNCC1. The quantitative estimate of drug-likeness (QED) is 0.872. The fourth-order valence-electron chi connectivity index (χ4n) is 3.48. The molecule has 0 unspecified atom stereocenters. The number of benzene rings is 1. The minimum Gasteiger partial charge on any atom is -0.497 e. The van der Waals surface area contributed by atoms with Crippen LogP contribution in [0, 0.1) is 0 Å². The largest absolute Gasteiger partial charge is 0.497 e. The molecule has 1 aromatic heterocycles. The van der Waals surface area contributed by atoms with Crippen molar-refractivity contribution in [2.45, 2.75) is 31.8 Å². The van der Waals surface area contributed by atoms with Crippen LogP contribution in [-0.4, -0.2) is 47.3 Å². The van der Waals surface area contributed by atoms with E-state index in [1.165, 1.54) is 0 Å². The molecule has 1 fully saturated rings. The lowest BCUT2D eigenvalue weighted by Gasteiger charge is -2.40. The lowest BCUT2D eigenvalue weighted by molar-refractivity contribution is -0.143. The summed E-state index contributed by atoms with van der Waals surface area (Å²) in [7, 11) is 1.65. The molecule has 0 atom stereocenters. The number of methoxy groups -OCH3 is 1. The third-order valence-electron chi connectivity index (χ3n) is 4.97. The Morgan fingerprint density at radius 1 is 1.32 bits per heavy atom. The number of nitrogens with zero attached hydrogens (tertiary/aromatic N) is 3. The first kappa shape index (κ1) is 17.5. The molecule has 0 spiro atoms. The fourth-order valence-corrected chi connectivity index (χ4v) is 3.48. The van der Waals surface area contributed by atoms with Gasteiger partial charge in [-0.05, 0) is 56.6 Å². The first-order chi connectivity index (χ1) is 12.2. The van der Waals surface area contributed by atoms with E-state index in [4.69, 9.17) is 4.74 Å². The molecule has 134 valence electrons. The van der Waals surface area contributed by atoms with Gasteiger partial charge in [-0.15, -0.1) is 0 Å². The van der Waals surface area contributed by atoms with Gasteiger partial charge in [-0.3, -0.25) is 9.48 Å². The summed E-state index contributed by atoms with van der Waals surface area (Å²) in [6.07, 6.45) is 5.17. The monoisotopic (exact) mass is 342 g/mol. The number of nitrogens with one attached hydrogen (secondary N) is 1. The van der Waals surface area contributed by atoms with Crippen LogP contribution >= 0.6 is 0 Å². The molecule has 1 aliphatic rings. The molecule has 6 nitrogen and oxygen atoms in total. The second-order valence-corrected chi connectivity index (χ2v) is 6.40. The first-order valence-electron chi connectivity index (χ1n) is 8.83. The molecular formula is C19H26N4O2. The number of ether oxygens (including phenoxy) is 1. The molecule has 0 bridgehead atoms. The van der Waals surface area contributed by atoms with E-state index >= 15 is 0 Å². The van der Waals surface area contributed by atoms with E-state index in [-0.39, 0.29) is 5.91 Å². The average Bonchev–Trinajstić information content (AvgIpc) is 3.22. The highest BCUT2D eigenvalue weighted by molar-refractivity contribution is 5.84. The van der Waals surface area contributed by atoms with Crippen LogP contribution in [0.5, 0.6) is 5.75 Å². The van der Waals surface area contributed by atoms with E-state index < -0.39 is 5.54 Å². The van der Waals surface area contributed by atoms with Gasteiger partial charge in [-0.25, -0.2) is 0 Å². The Morgan fingerprint density at radius 3 is 2.60 bits per heavy atom. The van der Waals surface area contributed by atoms with E-state index in [1.807, 2.05) is 53.0 Å². The van der Waals surface area contributed by atoms with E-state index in [1.54, 1.807) is 13.3 Å². The van der Waals surface area contributed by atoms with Gasteiger partial charge in [0.15, 0.2) is 0 Å². The Kier molecular flexibility index (Phi) is 5.38. The number of aromatic nitrogens is 2. The molecule has 1 N–H and O–H groups in total. The zero-order valence-corrected chi connectivity index (χ0v) is 14.9. The van der Waals surface area contributed by atoms with E-state index in [9.17, 15) is 4.79 Å². The molecular weight excluding hydrogens is 316 g/mol. The van der Waals surface area contributed by atoms with Crippen molar-refractivity contribution >= 4 is 5.91 Å². The minimum atomic E-state index is -0.586. The average molecular weight is 342 g/mol. The van der Waals surface area contributed by atoms with Crippen molar-refractivity contribution in [1.82, 2.24) is 20.0 Å². The number of hydrogen-bond acceptors (Lipinski definition) is 4. The van der Waals surface area contributed by atoms with Gasteiger partial charge in [0, 0.05) is 25.5 Å². The normalized spacial score (nSPS) is 16.4. The van der Waals surface area contributed by atoms with Crippen molar-refractivity contribution in [2.75, 3.05) is 26.7 Å². The van der Waals surface area contributed by atoms with Gasteiger partial charge in [-0.1, -0.05) is 12.1 Å². The Morgan fingerprint density at radius 2 is 2.04 bits per heavy atom. The van der Waals surface area contributed by atoms with Crippen LogP contribution in [0.3, 0.4) is 0 Å². The molecule has 2 aromatic rings. The predicted molar refractivity (Wildman–Crippen MR) is 96.4 cm³/mol. The Bertz CT molecular complexity index is 676. The van der Waals surface area contributed by atoms with Crippen LogP contribution in [0.1, 0.15) is 25.3 Å². The molecule has 1 aromatic carbocycles. The molecule has 1 amide bonds. The summed E-state index contributed by atoms with van der Waals surface area (Å²) in [6.45, 7) is 4.94. The maximum absolute atomic E-state index is 13.5. The molecule has 0 saturated carbocycles. The van der Waals surface area contributed by atoms with Crippen LogP contribution in [0.2, 0.25) is 0 Å². The summed E-state index contributed by atoms with van der Waals surface area (Å²) in [4.78, 5) is 15.4. The van der Waals surface area contributed by atoms with Crippen LogP contribution < -0.4 is 10.1 Å². The van der Waals surface area contributed by atoms with Crippen molar-refractivity contribution < 1.29 is 9.53 Å². The van der Waals surface area contributed by atoms with E-state index in [0.717, 1.165) is 37.2 Å². The standard InChI is InChI=1S/C19H26N4O2/c1-3-22(15-16-5-7-17(25-2)8-6-16)18(24)19(9-12-20-13-10-19)23-14-4-11-21-23/h4-8,11,14,20H,3,9-10,12-13,15H2,1-2H3. The van der Waals surface area contributed by atoms with Gasteiger partial charge in [0.05, 0.1) is 7.11 Å². The third kappa shape index (κ3) is 3.54. The van der Waals surface area contributed by atoms with Gasteiger partial charge in [0.2, 0.25) is 0 Å². The maximum atomic E-state index is 13.5. The molecule has 6 heteroatoms. The maximum Gasteiger partial charge on any atom is 0.250 e. The first-order valence-corrected chi connectivity index (χ1v) is 8.83. The molecule has 25 heavy (non-hydrogen) atoms. The van der Waals surface area contributed by atoms with Gasteiger partial charge in [-0.2, -0.15) is 5.10 Å². The number of piperidine rings is 1. The summed E-state index contributed by atoms with van der Waals surface area (Å²) >= 11 is 0. The van der Waals surface area contributed by atoms with Crippen molar-refractivity contribution in [3.8, 4) is 5.75 Å². The van der Waals surface area contributed by atoms with Crippen molar-refractivity contribution in [3.63, 3.8) is 0 Å². The Labute approximate surface area is 148 Å². The predicted octanol–water partition coefficient (Wildman–Crippen LogP) is 2.02. The number of likely N-dealkylation sites (N-methyl/N-ethyl adjacent to an activating group) is 1. The van der Waals surface area contributed by atoms with E-state index in [0.29, 0.717) is 13.1 Å². The zero-order chi connectivity index (χ0) is 17.7. The molecule has 3 rings (SSSR count). The second-order valence-electron chi connectivity index (χ2n) is 6.40. The number of carbonyl (C=O) groups excluding carboxylic acids is 1. The summed E-state index contributed by atoms with van der Waals surface area (Å²) in [5.74, 6) is 0.973. The van der Waals surface area contributed by atoms with Crippen molar-refractivity contribution in [2.24, 2.45) is 0 Å². The number of rotatable bonds is 6. The van der Waals surface area contributed by atoms with Crippen LogP contribution in [0.15, 0.2) is 42.7 Å². The molecule has 0 radical (unpaired) electrons. The van der Waals surface area contributed by atoms with Gasteiger partial charge >= 0.3 is 0 Å². The summed E-state index contributed by atoms with van der Waals surface area (Å²) in [5, 5.41) is 7.75. The summed E-state index contributed by atoms with van der Waals surface area (Å²) in [5.41, 5.74) is 0.512. The third-order valence-corrected chi connectivity index (χ3v) is 4.97. The van der Waals surface area contributed by atoms with E-state index in [2.05, 4.69) is 10.4 Å². The highest BCUT2D eigenvalue weighted by atomic mass is 16.5. The Balaban J connectivity index is 1.83. The van der Waals surface area contributed by atoms with Crippen molar-refractivity contribution in [3.05, 3.63) is 48.3 Å². The molecule has 1 saturated heterocycles. The van der Waals surface area contributed by atoms with Crippen LogP contribution in [0.25, 0.3) is 0 Å². The second kappa shape index (κ2) is 7.70. The number of carbonyl (C=O) groups is 1. The number of hydrogen-bond donors (Lipinski definition) is 1. The Hall–Kier alpha value is -2.34. The topological polar surface area (TPSA) is 59.4 Å². The molecule has 2 heterocycles. The lowest BCUT2D eigenvalue weighted by atomic mass is 9.86. The highest BCUT2D eigenvalue weighted by Gasteiger charge is 2.44. The van der Waals surface area contributed by atoms with Crippen molar-refractivity contribution in [1.29, 1.82) is 0 Å². The minimum absolute atomic E-state index is 0.149. The summed E-state index contributed by atoms with van der Waals surface area (Å²) < 4.78 is 7.06.